The van der Waals surface area contributed by atoms with Crippen LogP contribution in [0.5, 0.6) is 0 Å². The zero-order valence-electron chi connectivity index (χ0n) is 12.2. The molecular formula is C18H25N. The molecule has 0 fully saturated rings. The highest BCUT2D eigenvalue weighted by molar-refractivity contribution is 5.35. The highest BCUT2D eigenvalue weighted by Gasteiger charge is 2.12. The third kappa shape index (κ3) is 5.77. The van der Waals surface area contributed by atoms with Gasteiger partial charge in [-0.25, -0.2) is 0 Å². The molecule has 1 heteroatoms. The number of nitrogens with zero attached hydrogens (tertiary/aromatic N) is 1. The van der Waals surface area contributed by atoms with E-state index in [9.17, 15) is 0 Å². The number of benzene rings is 1. The van der Waals surface area contributed by atoms with Crippen LogP contribution in [0.4, 0.5) is 0 Å². The first-order valence-electron chi connectivity index (χ1n) is 7.23. The summed E-state index contributed by atoms with van der Waals surface area (Å²) in [5, 5.41) is 0. The van der Waals surface area contributed by atoms with E-state index >= 15 is 0 Å². The van der Waals surface area contributed by atoms with Gasteiger partial charge in [0.15, 0.2) is 0 Å². The molecular weight excluding hydrogens is 230 g/mol. The molecule has 0 amide bonds. The van der Waals surface area contributed by atoms with Crippen LogP contribution in [0.3, 0.4) is 0 Å². The Bertz CT molecular complexity index is 404. The fraction of sp³-hybridized carbons (Fsp3) is 0.444. The van der Waals surface area contributed by atoms with Gasteiger partial charge in [-0.2, -0.15) is 0 Å². The average Bonchev–Trinajstić information content (AvgIpc) is 2.44. The third-order valence-electron chi connectivity index (χ3n) is 3.01. The fourth-order valence-electron chi connectivity index (χ4n) is 2.14. The predicted octanol–water partition coefficient (Wildman–Crippen LogP) is 4.10. The van der Waals surface area contributed by atoms with Crippen LogP contribution in [0.2, 0.25) is 0 Å². The minimum atomic E-state index is 0.289. The van der Waals surface area contributed by atoms with Crippen LogP contribution < -0.4 is 0 Å². The maximum absolute atomic E-state index is 3.86. The van der Waals surface area contributed by atoms with E-state index in [4.69, 9.17) is 0 Å². The van der Waals surface area contributed by atoms with Crippen LogP contribution in [0.15, 0.2) is 43.0 Å². The van der Waals surface area contributed by atoms with Gasteiger partial charge in [0, 0.05) is 5.56 Å². The van der Waals surface area contributed by atoms with Crippen molar-refractivity contribution in [2.24, 2.45) is 0 Å². The summed E-state index contributed by atoms with van der Waals surface area (Å²) >= 11 is 0. The first kappa shape index (κ1) is 15.5. The monoisotopic (exact) mass is 255 g/mol. The van der Waals surface area contributed by atoms with Gasteiger partial charge in [0.25, 0.3) is 0 Å². The van der Waals surface area contributed by atoms with E-state index in [2.05, 4.69) is 49.3 Å². The van der Waals surface area contributed by atoms with Crippen molar-refractivity contribution >= 4 is 0 Å². The summed E-state index contributed by atoms with van der Waals surface area (Å²) in [5.41, 5.74) is 1.09. The molecule has 102 valence electrons. The molecule has 0 N–H and O–H groups in total. The topological polar surface area (TPSA) is 3.24 Å². The molecule has 0 aliphatic heterocycles. The molecule has 1 atom stereocenters. The largest absolute Gasteiger partial charge is 0.290 e. The van der Waals surface area contributed by atoms with Crippen LogP contribution in [0.1, 0.15) is 38.7 Å². The van der Waals surface area contributed by atoms with E-state index < -0.39 is 0 Å². The second-order valence-electron chi connectivity index (χ2n) is 4.71. The lowest BCUT2D eigenvalue weighted by Gasteiger charge is -2.26. The van der Waals surface area contributed by atoms with Gasteiger partial charge < -0.3 is 0 Å². The molecule has 0 spiro atoms. The van der Waals surface area contributed by atoms with Crippen LogP contribution in [-0.2, 0) is 0 Å². The maximum atomic E-state index is 3.86. The lowest BCUT2D eigenvalue weighted by Crippen LogP contribution is -2.35. The maximum Gasteiger partial charge on any atom is 0.0753 e. The minimum Gasteiger partial charge on any atom is -0.290 e. The van der Waals surface area contributed by atoms with E-state index in [-0.39, 0.29) is 6.04 Å². The van der Waals surface area contributed by atoms with Crippen molar-refractivity contribution in [3.63, 3.8) is 0 Å². The van der Waals surface area contributed by atoms with Crippen LogP contribution in [0.25, 0.3) is 0 Å². The second kappa shape index (κ2) is 9.42. The summed E-state index contributed by atoms with van der Waals surface area (Å²) < 4.78 is 0. The molecule has 1 nitrogen and oxygen atoms in total. The van der Waals surface area contributed by atoms with Gasteiger partial charge in [-0.15, -0.1) is 6.58 Å². The number of rotatable bonds is 7. The normalized spacial score (nSPS) is 11.7. The Hall–Kier alpha value is -1.52. The van der Waals surface area contributed by atoms with Crippen molar-refractivity contribution in [3.8, 4) is 11.8 Å². The Labute approximate surface area is 118 Å². The third-order valence-corrected chi connectivity index (χ3v) is 3.01. The van der Waals surface area contributed by atoms with Gasteiger partial charge in [-0.1, -0.05) is 50.0 Å². The molecule has 0 heterocycles. The summed E-state index contributed by atoms with van der Waals surface area (Å²) in [7, 11) is 0. The standard InChI is InChI=1S/C18H25N/c1-4-10-18(19(15-5-2)16-6-3)14-13-17-11-8-7-9-12-17/h4,7-9,11-12,18H,1,5-6,10,15-16H2,2-3H3. The zero-order valence-corrected chi connectivity index (χ0v) is 12.2. The lowest BCUT2D eigenvalue weighted by molar-refractivity contribution is 0.237. The Balaban J connectivity index is 2.81. The highest BCUT2D eigenvalue weighted by atomic mass is 15.1. The molecule has 0 aromatic heterocycles. The number of hydrogen-bond donors (Lipinski definition) is 0. The van der Waals surface area contributed by atoms with Crippen LogP contribution >= 0.6 is 0 Å². The smallest absolute Gasteiger partial charge is 0.0753 e. The quantitative estimate of drug-likeness (QED) is 0.523. The molecule has 0 saturated carbocycles. The summed E-state index contributed by atoms with van der Waals surface area (Å²) in [6.45, 7) is 10.5. The van der Waals surface area contributed by atoms with Gasteiger partial charge in [-0.05, 0) is 44.5 Å². The molecule has 1 unspecified atom stereocenters. The Morgan fingerprint density at radius 3 is 2.32 bits per heavy atom. The summed E-state index contributed by atoms with van der Waals surface area (Å²) in [6, 6.07) is 10.5. The van der Waals surface area contributed by atoms with Gasteiger partial charge in [-0.3, -0.25) is 4.90 Å². The van der Waals surface area contributed by atoms with E-state index in [0.717, 1.165) is 25.1 Å². The second-order valence-corrected chi connectivity index (χ2v) is 4.71. The van der Waals surface area contributed by atoms with E-state index in [1.165, 1.54) is 12.8 Å². The van der Waals surface area contributed by atoms with Gasteiger partial charge in [0.05, 0.1) is 6.04 Å². The lowest BCUT2D eigenvalue weighted by atomic mass is 10.1. The van der Waals surface area contributed by atoms with Crippen LogP contribution in [-0.4, -0.2) is 24.0 Å². The van der Waals surface area contributed by atoms with Crippen LogP contribution in [0, 0.1) is 11.8 Å². The number of hydrogen-bond acceptors (Lipinski definition) is 1. The van der Waals surface area contributed by atoms with Crippen molar-refractivity contribution in [3.05, 3.63) is 48.6 Å². The van der Waals surface area contributed by atoms with E-state index in [0.29, 0.717) is 0 Å². The Kier molecular flexibility index (Phi) is 7.70. The molecule has 0 aliphatic carbocycles. The van der Waals surface area contributed by atoms with Crippen molar-refractivity contribution in [2.75, 3.05) is 13.1 Å². The Morgan fingerprint density at radius 1 is 1.16 bits per heavy atom. The van der Waals surface area contributed by atoms with Crippen molar-refractivity contribution < 1.29 is 0 Å². The molecule has 0 aliphatic rings. The van der Waals surface area contributed by atoms with Crippen molar-refractivity contribution in [1.29, 1.82) is 0 Å². The molecule has 1 aromatic rings. The molecule has 0 radical (unpaired) electrons. The molecule has 1 aromatic carbocycles. The van der Waals surface area contributed by atoms with Gasteiger partial charge in [0.2, 0.25) is 0 Å². The SMILES string of the molecule is C=CCC(C#Cc1ccccc1)N(CCC)CCC. The van der Waals surface area contributed by atoms with E-state index in [1.807, 2.05) is 24.3 Å². The zero-order chi connectivity index (χ0) is 13.9. The molecule has 19 heavy (non-hydrogen) atoms. The van der Waals surface area contributed by atoms with Crippen molar-refractivity contribution in [2.45, 2.75) is 39.2 Å². The average molecular weight is 255 g/mol. The van der Waals surface area contributed by atoms with E-state index in [1.54, 1.807) is 0 Å². The first-order chi connectivity index (χ1) is 9.31. The molecule has 1 rings (SSSR count). The molecule has 0 saturated heterocycles. The predicted molar refractivity (Wildman–Crippen MR) is 84.1 cm³/mol. The Morgan fingerprint density at radius 2 is 1.79 bits per heavy atom. The highest BCUT2D eigenvalue weighted by Crippen LogP contribution is 2.07. The summed E-state index contributed by atoms with van der Waals surface area (Å²) in [4.78, 5) is 2.47. The first-order valence-corrected chi connectivity index (χ1v) is 7.23. The molecule has 0 bridgehead atoms. The summed E-state index contributed by atoms with van der Waals surface area (Å²) in [6.07, 6.45) is 5.24. The van der Waals surface area contributed by atoms with Gasteiger partial charge >= 0.3 is 0 Å². The fourth-order valence-corrected chi connectivity index (χ4v) is 2.14. The van der Waals surface area contributed by atoms with Gasteiger partial charge in [0.1, 0.15) is 0 Å². The summed E-state index contributed by atoms with van der Waals surface area (Å²) in [5.74, 6) is 6.70. The van der Waals surface area contributed by atoms with Crippen molar-refractivity contribution in [1.82, 2.24) is 4.90 Å². The minimum absolute atomic E-state index is 0.289.